The number of aliphatic imine (C=N–C) groups is 2. The van der Waals surface area contributed by atoms with Gasteiger partial charge < -0.3 is 19.0 Å². The largest absolute Gasteiger partial charge is 0.324 e. The molecule has 1 aliphatic rings. The van der Waals surface area contributed by atoms with Crippen LogP contribution in [0.15, 0.2) is 241 Å². The molecule has 9 aromatic carbocycles. The van der Waals surface area contributed by atoms with Crippen LogP contribution in [0.2, 0.25) is 0 Å². The molecule has 0 bridgehead atoms. The highest BCUT2D eigenvalue weighted by atomic mass is 31.2. The summed E-state index contributed by atoms with van der Waals surface area (Å²) in [6, 6.07) is 79.0. The van der Waals surface area contributed by atoms with Gasteiger partial charge in [0.15, 0.2) is 13.3 Å². The molecule has 11 aromatic rings. The molecule has 0 amide bonds. The highest BCUT2D eigenvalue weighted by Crippen LogP contribution is 2.45. The lowest BCUT2D eigenvalue weighted by Crippen LogP contribution is -2.36. The quantitative estimate of drug-likeness (QED) is 0.155. The third kappa shape index (κ3) is 6.22. The van der Waals surface area contributed by atoms with Gasteiger partial charge in [0.25, 0.3) is 0 Å². The lowest BCUT2D eigenvalue weighted by atomic mass is 10.1. The van der Waals surface area contributed by atoms with E-state index in [1.165, 1.54) is 21.5 Å². The summed E-state index contributed by atoms with van der Waals surface area (Å²) in [6.45, 7) is 0. The maximum Gasteiger partial charge on any atom is 0.171 e. The van der Waals surface area contributed by atoms with E-state index in [1.807, 2.05) is 78.9 Å². The molecular weight excluding hydrogens is 802 g/mol. The van der Waals surface area contributed by atoms with E-state index in [-0.39, 0.29) is 0 Å². The van der Waals surface area contributed by atoms with Crippen LogP contribution < -0.4 is 21.2 Å². The Morgan fingerprint density at radius 1 is 0.375 bits per heavy atom. The summed E-state index contributed by atoms with van der Waals surface area (Å²) >= 11 is 0. The maximum absolute atomic E-state index is 17.0. The summed E-state index contributed by atoms with van der Waals surface area (Å²) in [7, 11) is -3.64. The Bertz CT molecular complexity index is 3430. The first-order chi connectivity index (χ1) is 31.6. The molecule has 1 N–H and O–H groups in total. The van der Waals surface area contributed by atoms with Crippen molar-refractivity contribution in [2.75, 3.05) is 0 Å². The van der Waals surface area contributed by atoms with Gasteiger partial charge >= 0.3 is 0 Å². The number of nitrogens with zero attached hydrogens (tertiary/aromatic N) is 4. The van der Waals surface area contributed by atoms with E-state index < -0.39 is 13.3 Å². The lowest BCUT2D eigenvalue weighted by molar-refractivity contribution is 0.592. The lowest BCUT2D eigenvalue weighted by Gasteiger charge is -2.25. The van der Waals surface area contributed by atoms with Crippen LogP contribution in [0.1, 0.15) is 22.9 Å². The summed E-state index contributed by atoms with van der Waals surface area (Å²) in [5, 5.41) is 10.4. The van der Waals surface area contributed by atoms with Crippen LogP contribution in [0.25, 0.3) is 55.0 Å². The average Bonchev–Trinajstić information content (AvgIpc) is 3.90. The second kappa shape index (κ2) is 15.4. The predicted molar refractivity (Wildman–Crippen MR) is 266 cm³/mol. The Balaban J connectivity index is 1.06. The van der Waals surface area contributed by atoms with Crippen molar-refractivity contribution >= 4 is 78.3 Å². The Hall–Kier alpha value is -8.05. The molecule has 0 saturated carbocycles. The summed E-state index contributed by atoms with van der Waals surface area (Å²) in [4.78, 5) is 10.3. The number of hydrogen-bond donors (Lipinski definition) is 1. The molecular formula is C57H40N5OP. The van der Waals surface area contributed by atoms with Crippen molar-refractivity contribution in [1.82, 2.24) is 14.5 Å². The molecule has 1 unspecified atom stereocenters. The molecule has 0 saturated heterocycles. The van der Waals surface area contributed by atoms with Crippen molar-refractivity contribution in [3.05, 3.63) is 247 Å². The minimum atomic E-state index is -3.64. The molecule has 304 valence electrons. The molecule has 1 aliphatic heterocycles. The van der Waals surface area contributed by atoms with Gasteiger partial charge in [-0.25, -0.2) is 9.98 Å². The number of aromatic nitrogens is 2. The number of hydrogen-bond acceptors (Lipinski definition) is 4. The zero-order valence-electron chi connectivity index (χ0n) is 34.7. The van der Waals surface area contributed by atoms with Crippen LogP contribution in [0.4, 0.5) is 0 Å². The van der Waals surface area contributed by atoms with E-state index in [0.717, 1.165) is 66.6 Å². The molecule has 0 aliphatic carbocycles. The van der Waals surface area contributed by atoms with Gasteiger partial charge in [0.05, 0.1) is 22.1 Å². The third-order valence-electron chi connectivity index (χ3n) is 12.4. The van der Waals surface area contributed by atoms with Crippen LogP contribution in [-0.2, 0) is 4.57 Å². The van der Waals surface area contributed by atoms with Crippen LogP contribution in [-0.4, -0.2) is 20.8 Å². The zero-order chi connectivity index (χ0) is 42.6. The van der Waals surface area contributed by atoms with Crippen molar-refractivity contribution in [2.24, 2.45) is 9.98 Å². The summed E-state index contributed by atoms with van der Waals surface area (Å²) in [6.07, 6.45) is -0.464. The van der Waals surface area contributed by atoms with Crippen molar-refractivity contribution < 1.29 is 4.57 Å². The van der Waals surface area contributed by atoms with E-state index in [0.29, 0.717) is 11.1 Å². The van der Waals surface area contributed by atoms with Gasteiger partial charge in [0.1, 0.15) is 11.7 Å². The second-order valence-corrected chi connectivity index (χ2v) is 18.9. The van der Waals surface area contributed by atoms with E-state index in [1.54, 1.807) is 0 Å². The standard InChI is InChI=1S/C57H40N5OP/c63-64(45-26-16-23-42(37-45)61-51-32-11-7-28-47(51)48-29-8-12-33-52(48)61,46-27-17-24-43(38-46)62-53-34-13-9-30-49(53)50-31-10-14-35-54(50)62)44-25-15-22-41(36-44)57-59-55(39-18-3-1-4-19-39)58-56(60-57)40-20-5-2-6-21-40/h1-38,55H,(H,58,59,60). The average molecular weight is 842 g/mol. The molecule has 64 heavy (non-hydrogen) atoms. The predicted octanol–water partition coefficient (Wildman–Crippen LogP) is 12.0. The Morgan fingerprint density at radius 3 is 1.23 bits per heavy atom. The van der Waals surface area contributed by atoms with Crippen molar-refractivity contribution in [2.45, 2.75) is 6.17 Å². The fourth-order valence-electron chi connectivity index (χ4n) is 9.47. The number of para-hydroxylation sites is 4. The highest BCUT2D eigenvalue weighted by Gasteiger charge is 2.32. The first-order valence-electron chi connectivity index (χ1n) is 21.5. The number of amidine groups is 2. The van der Waals surface area contributed by atoms with Crippen LogP contribution in [0.5, 0.6) is 0 Å². The van der Waals surface area contributed by atoms with Crippen molar-refractivity contribution in [3.63, 3.8) is 0 Å². The molecule has 0 fully saturated rings. The molecule has 2 aromatic heterocycles. The van der Waals surface area contributed by atoms with Gasteiger partial charge in [0, 0.05) is 60.0 Å². The zero-order valence-corrected chi connectivity index (χ0v) is 35.6. The molecule has 6 nitrogen and oxygen atoms in total. The Labute approximate surface area is 370 Å². The van der Waals surface area contributed by atoms with Crippen LogP contribution in [0, 0.1) is 0 Å². The minimum absolute atomic E-state index is 0.464. The molecule has 1 atom stereocenters. The monoisotopic (exact) mass is 841 g/mol. The van der Waals surface area contributed by atoms with Gasteiger partial charge in [0.2, 0.25) is 0 Å². The first-order valence-corrected chi connectivity index (χ1v) is 23.2. The number of rotatable bonds is 8. The van der Waals surface area contributed by atoms with E-state index >= 15 is 4.57 Å². The SMILES string of the molecule is O=P(c1cccc(C2=NC(c3ccccc3)N=C(c3ccccc3)N2)c1)(c1cccc(-n2c3ccccc3c3ccccc32)c1)c1cccc(-n2c3ccccc3c3ccccc32)c1. The second-order valence-electron chi connectivity index (χ2n) is 16.2. The maximum atomic E-state index is 17.0. The summed E-state index contributed by atoms with van der Waals surface area (Å²) in [5.74, 6) is 1.39. The van der Waals surface area contributed by atoms with E-state index in [9.17, 15) is 0 Å². The normalized spacial score (nSPS) is 14.2. The summed E-state index contributed by atoms with van der Waals surface area (Å²) < 4.78 is 21.6. The van der Waals surface area contributed by atoms with Gasteiger partial charge in [-0.05, 0) is 60.2 Å². The third-order valence-corrected chi connectivity index (χ3v) is 15.4. The van der Waals surface area contributed by atoms with Crippen molar-refractivity contribution in [3.8, 4) is 11.4 Å². The first kappa shape index (κ1) is 37.7. The van der Waals surface area contributed by atoms with E-state index in [4.69, 9.17) is 9.98 Å². The fourth-order valence-corrected chi connectivity index (χ4v) is 12.2. The van der Waals surface area contributed by atoms with Gasteiger partial charge in [-0.15, -0.1) is 0 Å². The Morgan fingerprint density at radius 2 is 0.750 bits per heavy atom. The minimum Gasteiger partial charge on any atom is -0.324 e. The van der Waals surface area contributed by atoms with Gasteiger partial charge in [-0.3, -0.25) is 0 Å². The Kier molecular flexibility index (Phi) is 9.06. The highest BCUT2D eigenvalue weighted by molar-refractivity contribution is 7.85. The number of fused-ring (bicyclic) bond motifs is 6. The summed E-state index contributed by atoms with van der Waals surface area (Å²) in [5.41, 5.74) is 9.02. The molecule has 7 heteroatoms. The number of benzene rings is 9. The van der Waals surface area contributed by atoms with Crippen LogP contribution >= 0.6 is 7.14 Å². The molecule has 3 heterocycles. The molecule has 12 rings (SSSR count). The smallest absolute Gasteiger partial charge is 0.171 e. The van der Waals surface area contributed by atoms with E-state index in [2.05, 4.69) is 166 Å². The van der Waals surface area contributed by atoms with Gasteiger partial charge in [-0.1, -0.05) is 176 Å². The molecule has 0 spiro atoms. The molecule has 0 radical (unpaired) electrons. The topological polar surface area (TPSA) is 63.7 Å². The van der Waals surface area contributed by atoms with Crippen molar-refractivity contribution in [1.29, 1.82) is 0 Å². The fraction of sp³-hybridized carbons (Fsp3) is 0.0175. The van der Waals surface area contributed by atoms with Gasteiger partial charge in [-0.2, -0.15) is 0 Å². The van der Waals surface area contributed by atoms with Crippen LogP contribution in [0.3, 0.4) is 0 Å². The number of nitrogens with one attached hydrogen (secondary N) is 1.